The lowest BCUT2D eigenvalue weighted by Gasteiger charge is -1.98. The van der Waals surface area contributed by atoms with E-state index in [2.05, 4.69) is 5.10 Å². The Morgan fingerprint density at radius 2 is 2.00 bits per heavy atom. The monoisotopic (exact) mass is 282 g/mol. The fourth-order valence-electron chi connectivity index (χ4n) is 2.17. The Hall–Kier alpha value is -2.82. The van der Waals surface area contributed by atoms with Gasteiger partial charge in [-0.25, -0.2) is 4.68 Å². The highest BCUT2D eigenvalue weighted by Gasteiger charge is 2.15. The Kier molecular flexibility index (Phi) is 3.55. The second-order valence-corrected chi connectivity index (χ2v) is 4.65. The average molecular weight is 282 g/mol. The van der Waals surface area contributed by atoms with Crippen LogP contribution in [0.15, 0.2) is 59.3 Å². The fourth-order valence-corrected chi connectivity index (χ4v) is 2.17. The summed E-state index contributed by atoms with van der Waals surface area (Å²) in [6, 6.07) is 13.3. The third-order valence-electron chi connectivity index (χ3n) is 3.17. The van der Waals surface area contributed by atoms with Crippen LogP contribution in [0.4, 0.5) is 0 Å². The van der Waals surface area contributed by atoms with Gasteiger partial charge in [-0.3, -0.25) is 4.79 Å². The predicted octanol–water partition coefficient (Wildman–Crippen LogP) is 3.15. The lowest BCUT2D eigenvalue weighted by Crippen LogP contribution is -1.97. The molecule has 5 nitrogen and oxygen atoms in total. The molecule has 0 aliphatic rings. The van der Waals surface area contributed by atoms with Crippen molar-refractivity contribution in [3.63, 3.8) is 0 Å². The van der Waals surface area contributed by atoms with E-state index < -0.39 is 5.97 Å². The van der Waals surface area contributed by atoms with Crippen molar-refractivity contribution in [3.8, 4) is 17.1 Å². The molecule has 0 amide bonds. The first-order valence-electron chi connectivity index (χ1n) is 6.63. The van der Waals surface area contributed by atoms with E-state index in [0.29, 0.717) is 17.9 Å². The minimum absolute atomic E-state index is 0.0637. The van der Waals surface area contributed by atoms with E-state index in [4.69, 9.17) is 9.52 Å². The maximum atomic E-state index is 10.8. The second kappa shape index (κ2) is 5.66. The second-order valence-electron chi connectivity index (χ2n) is 4.65. The van der Waals surface area contributed by atoms with Crippen LogP contribution < -0.4 is 0 Å². The van der Waals surface area contributed by atoms with Crippen LogP contribution >= 0.6 is 0 Å². The van der Waals surface area contributed by atoms with Gasteiger partial charge in [0.15, 0.2) is 5.76 Å². The van der Waals surface area contributed by atoms with Crippen molar-refractivity contribution in [3.05, 3.63) is 60.5 Å². The first-order valence-corrected chi connectivity index (χ1v) is 6.63. The lowest BCUT2D eigenvalue weighted by molar-refractivity contribution is -0.136. The number of nitrogens with zero attached hydrogens (tertiary/aromatic N) is 2. The van der Waals surface area contributed by atoms with E-state index in [-0.39, 0.29) is 6.42 Å². The minimum atomic E-state index is -0.826. The van der Waals surface area contributed by atoms with Crippen LogP contribution in [0.3, 0.4) is 0 Å². The largest absolute Gasteiger partial charge is 0.481 e. The molecule has 0 spiro atoms. The molecule has 1 N–H and O–H groups in total. The highest BCUT2D eigenvalue weighted by atomic mass is 16.4. The number of furan rings is 1. The van der Waals surface area contributed by atoms with Gasteiger partial charge >= 0.3 is 5.97 Å². The van der Waals surface area contributed by atoms with Crippen LogP contribution in [0.2, 0.25) is 0 Å². The third-order valence-corrected chi connectivity index (χ3v) is 3.17. The Labute approximate surface area is 121 Å². The molecule has 0 aliphatic carbocycles. The topological polar surface area (TPSA) is 68.3 Å². The molecule has 0 unspecified atom stereocenters. The van der Waals surface area contributed by atoms with Crippen LogP contribution in [-0.4, -0.2) is 20.9 Å². The summed E-state index contributed by atoms with van der Waals surface area (Å²) in [6.07, 6.45) is 3.92. The summed E-state index contributed by atoms with van der Waals surface area (Å²) in [5.41, 5.74) is 2.47. The summed E-state index contributed by atoms with van der Waals surface area (Å²) >= 11 is 0. The number of benzene rings is 1. The highest BCUT2D eigenvalue weighted by Crippen LogP contribution is 2.25. The Morgan fingerprint density at radius 1 is 1.19 bits per heavy atom. The zero-order valence-electron chi connectivity index (χ0n) is 11.3. The van der Waals surface area contributed by atoms with E-state index in [1.54, 1.807) is 17.0 Å². The standard InChI is InChI=1S/C16H14N2O3/c19-15(20)9-8-12-11-18(13-5-2-1-3-6-13)17-16(12)14-7-4-10-21-14/h1-7,10-11H,8-9H2,(H,19,20). The summed E-state index contributed by atoms with van der Waals surface area (Å²) in [7, 11) is 0. The lowest BCUT2D eigenvalue weighted by atomic mass is 10.1. The number of para-hydroxylation sites is 1. The highest BCUT2D eigenvalue weighted by molar-refractivity contribution is 5.68. The fraction of sp³-hybridized carbons (Fsp3) is 0.125. The van der Waals surface area contributed by atoms with Gasteiger partial charge in [-0.2, -0.15) is 5.10 Å². The molecule has 0 saturated heterocycles. The van der Waals surface area contributed by atoms with Crippen LogP contribution in [0.25, 0.3) is 17.1 Å². The van der Waals surface area contributed by atoms with Crippen LogP contribution in [0.1, 0.15) is 12.0 Å². The minimum Gasteiger partial charge on any atom is -0.481 e. The SMILES string of the molecule is O=C(O)CCc1cn(-c2ccccc2)nc1-c1ccco1. The molecule has 0 aliphatic heterocycles. The molecule has 1 aromatic carbocycles. The summed E-state index contributed by atoms with van der Waals surface area (Å²) in [6.45, 7) is 0. The van der Waals surface area contributed by atoms with Crippen molar-refractivity contribution in [2.75, 3.05) is 0 Å². The molecule has 2 aromatic heterocycles. The molecule has 21 heavy (non-hydrogen) atoms. The van der Waals surface area contributed by atoms with Crippen LogP contribution in [0, 0.1) is 0 Å². The molecule has 0 atom stereocenters. The Balaban J connectivity index is 2.00. The first-order chi connectivity index (χ1) is 10.2. The van der Waals surface area contributed by atoms with E-state index in [1.165, 1.54) is 0 Å². The van der Waals surface area contributed by atoms with E-state index >= 15 is 0 Å². The van der Waals surface area contributed by atoms with Gasteiger partial charge in [0.2, 0.25) is 0 Å². The van der Waals surface area contributed by atoms with Crippen molar-refractivity contribution in [1.82, 2.24) is 9.78 Å². The number of aryl methyl sites for hydroxylation is 1. The number of rotatable bonds is 5. The van der Waals surface area contributed by atoms with Gasteiger partial charge < -0.3 is 9.52 Å². The first kappa shape index (κ1) is 13.2. The normalized spacial score (nSPS) is 10.7. The number of aliphatic carboxylic acids is 1. The molecule has 3 aromatic rings. The number of hydrogen-bond acceptors (Lipinski definition) is 3. The van der Waals surface area contributed by atoms with Gasteiger partial charge in [-0.15, -0.1) is 0 Å². The number of hydrogen-bond donors (Lipinski definition) is 1. The Morgan fingerprint density at radius 3 is 2.67 bits per heavy atom. The van der Waals surface area contributed by atoms with E-state index in [1.807, 2.05) is 42.6 Å². The summed E-state index contributed by atoms with van der Waals surface area (Å²) in [5, 5.41) is 13.4. The van der Waals surface area contributed by atoms with Crippen molar-refractivity contribution in [1.29, 1.82) is 0 Å². The van der Waals surface area contributed by atoms with Gasteiger partial charge in [0, 0.05) is 18.2 Å². The summed E-state index contributed by atoms with van der Waals surface area (Å²) in [5.74, 6) is -0.182. The predicted molar refractivity (Wildman–Crippen MR) is 77.2 cm³/mol. The molecule has 0 saturated carbocycles. The smallest absolute Gasteiger partial charge is 0.303 e. The van der Waals surface area contributed by atoms with Crippen molar-refractivity contribution in [2.45, 2.75) is 12.8 Å². The van der Waals surface area contributed by atoms with Gasteiger partial charge in [0.05, 0.1) is 12.0 Å². The number of carboxylic acids is 1. The number of aromatic nitrogens is 2. The number of carbonyl (C=O) groups is 1. The average Bonchev–Trinajstić information content (AvgIpc) is 3.15. The van der Waals surface area contributed by atoms with Gasteiger partial charge in [0.25, 0.3) is 0 Å². The van der Waals surface area contributed by atoms with Gasteiger partial charge in [0.1, 0.15) is 5.69 Å². The molecule has 0 bridgehead atoms. The zero-order valence-corrected chi connectivity index (χ0v) is 11.3. The summed E-state index contributed by atoms with van der Waals surface area (Å²) < 4.78 is 7.14. The van der Waals surface area contributed by atoms with Crippen LogP contribution in [0.5, 0.6) is 0 Å². The zero-order chi connectivity index (χ0) is 14.7. The quantitative estimate of drug-likeness (QED) is 0.780. The van der Waals surface area contributed by atoms with Crippen molar-refractivity contribution < 1.29 is 14.3 Å². The van der Waals surface area contributed by atoms with E-state index in [0.717, 1.165) is 11.3 Å². The molecule has 106 valence electrons. The molecule has 3 rings (SSSR count). The molecular weight excluding hydrogens is 268 g/mol. The summed E-state index contributed by atoms with van der Waals surface area (Å²) in [4.78, 5) is 10.8. The third kappa shape index (κ3) is 2.86. The van der Waals surface area contributed by atoms with Crippen LogP contribution in [-0.2, 0) is 11.2 Å². The maximum Gasteiger partial charge on any atom is 0.303 e. The molecule has 2 heterocycles. The van der Waals surface area contributed by atoms with Gasteiger partial charge in [-0.05, 0) is 30.7 Å². The van der Waals surface area contributed by atoms with Gasteiger partial charge in [-0.1, -0.05) is 18.2 Å². The Bertz CT molecular complexity index is 730. The van der Waals surface area contributed by atoms with E-state index in [9.17, 15) is 4.79 Å². The maximum absolute atomic E-state index is 10.8. The van der Waals surface area contributed by atoms with Crippen molar-refractivity contribution >= 4 is 5.97 Å². The molecular formula is C16H14N2O3. The molecule has 5 heteroatoms. The van der Waals surface area contributed by atoms with Crippen molar-refractivity contribution in [2.24, 2.45) is 0 Å². The molecule has 0 fully saturated rings. The number of carboxylic acid groups (broad SMARTS) is 1. The molecule has 0 radical (unpaired) electrons.